The minimum absolute atomic E-state index is 0.212. The molecule has 1 rings (SSSR count). The first-order chi connectivity index (χ1) is 5.34. The van der Waals surface area contributed by atoms with Crippen molar-refractivity contribution in [2.75, 3.05) is 13.2 Å². The van der Waals surface area contributed by atoms with E-state index in [9.17, 15) is 4.79 Å². The number of carbonyl (C=O) groups excluding carboxylic acids is 1. The number of hydrogen-bond acceptors (Lipinski definition) is 5. The Hall–Kier alpha value is -0.520. The van der Waals surface area contributed by atoms with E-state index in [0.717, 1.165) is 12.3 Å². The summed E-state index contributed by atoms with van der Waals surface area (Å²) in [5.41, 5.74) is 0. The smallest absolute Gasteiger partial charge is 0.339 e. The second kappa shape index (κ2) is 4.38. The van der Waals surface area contributed by atoms with Crippen molar-refractivity contribution in [3.63, 3.8) is 0 Å². The summed E-state index contributed by atoms with van der Waals surface area (Å²) >= 11 is 0.817. The lowest BCUT2D eigenvalue weighted by Gasteiger charge is -2.03. The highest BCUT2D eigenvalue weighted by Crippen LogP contribution is 2.19. The molecule has 0 radical (unpaired) electrons. The lowest BCUT2D eigenvalue weighted by atomic mass is 10.4. The first-order valence-electron chi connectivity index (χ1n) is 3.07. The number of rotatable bonds is 3. The molecule has 0 bridgehead atoms. The van der Waals surface area contributed by atoms with Gasteiger partial charge < -0.3 is 4.74 Å². The Morgan fingerprint density at radius 1 is 1.91 bits per heavy atom. The average Bonchev–Trinajstić information content (AvgIpc) is 2.52. The fourth-order valence-corrected chi connectivity index (χ4v) is 0.998. The normalized spacial score (nSPS) is 23.1. The third kappa shape index (κ3) is 2.53. The van der Waals surface area contributed by atoms with Crippen molar-refractivity contribution in [3.05, 3.63) is 12.7 Å². The van der Waals surface area contributed by atoms with E-state index in [1.54, 1.807) is 0 Å². The monoisotopic (exact) mass is 176 g/mol. The number of ether oxygens (including phenoxy) is 1. The van der Waals surface area contributed by atoms with E-state index < -0.39 is 12.1 Å². The van der Waals surface area contributed by atoms with Crippen LogP contribution in [0.5, 0.6) is 0 Å². The minimum atomic E-state index is -0.583. The average molecular weight is 176 g/mol. The van der Waals surface area contributed by atoms with Crippen molar-refractivity contribution in [3.8, 4) is 0 Å². The topological polar surface area (TPSA) is 44.8 Å². The molecular formula is C6H8O4S. The third-order valence-corrected chi connectivity index (χ3v) is 1.57. The molecule has 0 aromatic rings. The van der Waals surface area contributed by atoms with E-state index in [1.165, 1.54) is 6.08 Å². The van der Waals surface area contributed by atoms with Gasteiger partial charge in [0, 0.05) is 0 Å². The molecule has 0 aromatic carbocycles. The molecule has 1 atom stereocenters. The van der Waals surface area contributed by atoms with Crippen molar-refractivity contribution in [2.24, 2.45) is 0 Å². The van der Waals surface area contributed by atoms with Gasteiger partial charge >= 0.3 is 5.97 Å². The summed E-state index contributed by atoms with van der Waals surface area (Å²) in [6, 6.07) is 0. The summed E-state index contributed by atoms with van der Waals surface area (Å²) in [5, 5.41) is 0. The van der Waals surface area contributed by atoms with E-state index >= 15 is 0 Å². The molecule has 1 aliphatic rings. The van der Waals surface area contributed by atoms with Gasteiger partial charge in [-0.3, -0.25) is 8.37 Å². The van der Waals surface area contributed by atoms with E-state index in [-0.39, 0.29) is 13.2 Å². The molecule has 5 heteroatoms. The number of carbonyl (C=O) groups is 1. The second-order valence-corrected chi connectivity index (χ2v) is 2.42. The van der Waals surface area contributed by atoms with Crippen LogP contribution < -0.4 is 0 Å². The van der Waals surface area contributed by atoms with Crippen LogP contribution in [0.1, 0.15) is 0 Å². The Kier molecular flexibility index (Phi) is 3.41. The molecular weight excluding hydrogens is 168 g/mol. The molecule has 0 aliphatic carbocycles. The van der Waals surface area contributed by atoms with Crippen LogP contribution in [-0.2, 0) is 17.9 Å². The molecule has 0 spiro atoms. The van der Waals surface area contributed by atoms with Gasteiger partial charge in [-0.25, -0.2) is 4.79 Å². The largest absolute Gasteiger partial charge is 0.459 e. The van der Waals surface area contributed by atoms with Crippen molar-refractivity contribution in [2.45, 2.75) is 6.10 Å². The van der Waals surface area contributed by atoms with Gasteiger partial charge in [0.1, 0.15) is 13.2 Å². The van der Waals surface area contributed by atoms with Crippen LogP contribution in [0, 0.1) is 0 Å². The first kappa shape index (κ1) is 8.58. The predicted molar refractivity (Wildman–Crippen MR) is 39.6 cm³/mol. The highest BCUT2D eigenvalue weighted by molar-refractivity contribution is 7.90. The lowest BCUT2D eigenvalue weighted by molar-refractivity contribution is -0.149. The fraction of sp³-hybridized carbons (Fsp3) is 0.500. The van der Waals surface area contributed by atoms with Gasteiger partial charge in [0.25, 0.3) is 0 Å². The van der Waals surface area contributed by atoms with E-state index in [2.05, 4.69) is 6.58 Å². The third-order valence-electron chi connectivity index (χ3n) is 1.03. The molecule has 0 aromatic heterocycles. The van der Waals surface area contributed by atoms with E-state index in [0.29, 0.717) is 0 Å². The van der Waals surface area contributed by atoms with Gasteiger partial charge in [-0.05, 0) is 0 Å². The van der Waals surface area contributed by atoms with Crippen molar-refractivity contribution < 1.29 is 17.9 Å². The molecule has 0 saturated carbocycles. The molecule has 1 unspecified atom stereocenters. The zero-order valence-corrected chi connectivity index (χ0v) is 6.63. The van der Waals surface area contributed by atoms with Crippen molar-refractivity contribution in [1.82, 2.24) is 0 Å². The SMILES string of the molecule is C=CCOC(=O)C1COSO1. The van der Waals surface area contributed by atoms with Crippen LogP contribution in [0.3, 0.4) is 0 Å². The molecule has 11 heavy (non-hydrogen) atoms. The van der Waals surface area contributed by atoms with Gasteiger partial charge in [-0.2, -0.15) is 0 Å². The molecule has 0 amide bonds. The summed E-state index contributed by atoms with van der Waals surface area (Å²) in [6.45, 7) is 3.87. The zero-order valence-electron chi connectivity index (χ0n) is 5.82. The Morgan fingerprint density at radius 2 is 2.73 bits per heavy atom. The van der Waals surface area contributed by atoms with Gasteiger partial charge in [0.05, 0.1) is 0 Å². The number of esters is 1. The minimum Gasteiger partial charge on any atom is -0.459 e. The highest BCUT2D eigenvalue weighted by atomic mass is 32.2. The summed E-state index contributed by atoms with van der Waals surface area (Å²) in [7, 11) is 0. The predicted octanol–water partition coefficient (Wildman–Crippen LogP) is 0.694. The van der Waals surface area contributed by atoms with Gasteiger partial charge in [-0.15, -0.1) is 0 Å². The van der Waals surface area contributed by atoms with Crippen LogP contribution in [0.15, 0.2) is 12.7 Å². The van der Waals surface area contributed by atoms with Crippen LogP contribution in [-0.4, -0.2) is 25.3 Å². The quantitative estimate of drug-likeness (QED) is 0.359. The highest BCUT2D eigenvalue weighted by Gasteiger charge is 2.27. The molecule has 1 aliphatic heterocycles. The maximum Gasteiger partial charge on any atom is 0.339 e. The zero-order chi connectivity index (χ0) is 8.10. The van der Waals surface area contributed by atoms with Gasteiger partial charge in [-0.1, -0.05) is 12.7 Å². The van der Waals surface area contributed by atoms with E-state index in [1.807, 2.05) is 0 Å². The molecule has 1 saturated heterocycles. The standard InChI is InChI=1S/C6H8O4S/c1-2-3-8-6(7)5-4-9-11-10-5/h2,5H,1,3-4H2. The van der Waals surface area contributed by atoms with Crippen LogP contribution in [0.4, 0.5) is 0 Å². The summed E-state index contributed by atoms with van der Waals surface area (Å²) in [5.74, 6) is -0.407. The van der Waals surface area contributed by atoms with Crippen LogP contribution >= 0.6 is 12.3 Å². The Balaban J connectivity index is 2.22. The Morgan fingerprint density at radius 3 is 3.27 bits per heavy atom. The Labute approximate surface area is 68.9 Å². The molecule has 1 fully saturated rings. The fourth-order valence-electron chi connectivity index (χ4n) is 0.534. The molecule has 62 valence electrons. The van der Waals surface area contributed by atoms with Gasteiger partial charge in [0.15, 0.2) is 18.4 Å². The number of hydrogen-bond donors (Lipinski definition) is 0. The molecule has 1 heterocycles. The summed E-state index contributed by atoms with van der Waals surface area (Å²) < 4.78 is 14.2. The van der Waals surface area contributed by atoms with Crippen molar-refractivity contribution in [1.29, 1.82) is 0 Å². The summed E-state index contributed by atoms with van der Waals surface area (Å²) in [4.78, 5) is 10.9. The lowest BCUT2D eigenvalue weighted by Crippen LogP contribution is -2.24. The summed E-state index contributed by atoms with van der Waals surface area (Å²) in [6.07, 6.45) is 0.917. The van der Waals surface area contributed by atoms with Crippen LogP contribution in [0.25, 0.3) is 0 Å². The Bertz CT molecular complexity index is 153. The molecule has 0 N–H and O–H groups in total. The maximum atomic E-state index is 10.9. The first-order valence-corrected chi connectivity index (χ1v) is 3.73. The van der Waals surface area contributed by atoms with Crippen molar-refractivity contribution >= 4 is 18.3 Å². The van der Waals surface area contributed by atoms with Crippen LogP contribution in [0.2, 0.25) is 0 Å². The maximum absolute atomic E-state index is 10.9. The second-order valence-electron chi connectivity index (χ2n) is 1.86. The molecule has 4 nitrogen and oxygen atoms in total. The van der Waals surface area contributed by atoms with Gasteiger partial charge in [0.2, 0.25) is 0 Å². The van der Waals surface area contributed by atoms with E-state index in [4.69, 9.17) is 13.1 Å².